The number of hydrogen-bond acceptors (Lipinski definition) is 3. The molecule has 0 bridgehead atoms. The molecule has 0 unspecified atom stereocenters. The van der Waals surface area contributed by atoms with Gasteiger partial charge in [0.2, 0.25) is 0 Å². The Kier molecular flexibility index (Phi) is 3.68. The molecule has 1 atom stereocenters. The second kappa shape index (κ2) is 5.63. The molecule has 0 fully saturated rings. The first-order valence-electron chi connectivity index (χ1n) is 7.07. The fourth-order valence-electron chi connectivity index (χ4n) is 3.11. The van der Waals surface area contributed by atoms with Crippen LogP contribution in [0, 0.1) is 12.3 Å². The summed E-state index contributed by atoms with van der Waals surface area (Å²) < 4.78 is 4.99. The lowest BCUT2D eigenvalue weighted by Crippen LogP contribution is -2.32. The van der Waals surface area contributed by atoms with Crippen LogP contribution in [0.15, 0.2) is 24.3 Å². The summed E-state index contributed by atoms with van der Waals surface area (Å²) in [4.78, 5) is 17.7. The van der Waals surface area contributed by atoms with Crippen molar-refractivity contribution in [2.45, 2.75) is 12.3 Å². The van der Waals surface area contributed by atoms with Crippen LogP contribution in [-0.2, 0) is 16.0 Å². The van der Waals surface area contributed by atoms with Gasteiger partial charge in [0.1, 0.15) is 5.92 Å². The van der Waals surface area contributed by atoms with Gasteiger partial charge in [0.25, 0.3) is 0 Å². The summed E-state index contributed by atoms with van der Waals surface area (Å²) in [5, 5.41) is 1.18. The molecule has 0 radical (unpaired) electrons. The normalized spacial score (nSPS) is 18.8. The van der Waals surface area contributed by atoms with Gasteiger partial charge >= 0.3 is 5.97 Å². The van der Waals surface area contributed by atoms with E-state index >= 15 is 0 Å². The first-order valence-corrected chi connectivity index (χ1v) is 7.07. The molecule has 0 saturated heterocycles. The van der Waals surface area contributed by atoms with Crippen LogP contribution in [0.25, 0.3) is 10.9 Å². The van der Waals surface area contributed by atoms with Crippen LogP contribution in [0.1, 0.15) is 17.2 Å². The van der Waals surface area contributed by atoms with Gasteiger partial charge in [-0.2, -0.15) is 0 Å². The van der Waals surface area contributed by atoms with Crippen LogP contribution >= 0.6 is 0 Å². The summed E-state index contributed by atoms with van der Waals surface area (Å²) in [5.74, 6) is 2.13. The number of nitrogens with zero attached hydrogens (tertiary/aromatic N) is 1. The van der Waals surface area contributed by atoms with E-state index in [2.05, 4.69) is 21.9 Å². The fourth-order valence-corrected chi connectivity index (χ4v) is 3.11. The monoisotopic (exact) mass is 282 g/mol. The summed E-state index contributed by atoms with van der Waals surface area (Å²) >= 11 is 0. The number of fused-ring (bicyclic) bond motifs is 3. The number of H-pyrrole nitrogens is 1. The van der Waals surface area contributed by atoms with E-state index in [4.69, 9.17) is 11.2 Å². The van der Waals surface area contributed by atoms with Gasteiger partial charge < -0.3 is 9.72 Å². The second-order valence-corrected chi connectivity index (χ2v) is 5.33. The van der Waals surface area contributed by atoms with E-state index in [9.17, 15) is 4.79 Å². The van der Waals surface area contributed by atoms with Crippen molar-refractivity contribution < 1.29 is 9.53 Å². The quantitative estimate of drug-likeness (QED) is 0.676. The van der Waals surface area contributed by atoms with Crippen molar-refractivity contribution in [2.75, 3.05) is 26.7 Å². The van der Waals surface area contributed by atoms with Gasteiger partial charge in [-0.3, -0.25) is 9.69 Å². The van der Waals surface area contributed by atoms with Gasteiger partial charge in [0.05, 0.1) is 13.7 Å². The maximum absolute atomic E-state index is 12.2. The Bertz CT molecular complexity index is 711. The highest BCUT2D eigenvalue weighted by Crippen LogP contribution is 2.32. The Morgan fingerprint density at radius 3 is 3.10 bits per heavy atom. The molecule has 108 valence electrons. The molecule has 2 aromatic rings. The standard InChI is InChI=1S/C17H18N2O2/c1-3-9-19-10-8-13-12-6-4-5-7-15(12)18-16(13)14(11-19)17(20)21-2/h1,4-7,14,18H,8-11H2,2H3/t14-/m1/s1. The Balaban J connectivity index is 2.08. The summed E-state index contributed by atoms with van der Waals surface area (Å²) in [6.45, 7) is 2.00. The predicted molar refractivity (Wildman–Crippen MR) is 82.0 cm³/mol. The molecule has 0 saturated carbocycles. The van der Waals surface area contributed by atoms with Crippen LogP contribution in [0.2, 0.25) is 0 Å². The van der Waals surface area contributed by atoms with E-state index in [1.54, 1.807) is 0 Å². The number of aromatic amines is 1. The van der Waals surface area contributed by atoms with Crippen molar-refractivity contribution in [3.8, 4) is 12.3 Å². The van der Waals surface area contributed by atoms with E-state index in [1.807, 2.05) is 18.2 Å². The fraction of sp³-hybridized carbons (Fsp3) is 0.353. The minimum Gasteiger partial charge on any atom is -0.468 e. The predicted octanol–water partition coefficient (Wildman–Crippen LogP) is 1.92. The zero-order valence-electron chi connectivity index (χ0n) is 12.1. The molecule has 4 nitrogen and oxygen atoms in total. The zero-order valence-corrected chi connectivity index (χ0v) is 12.1. The lowest BCUT2D eigenvalue weighted by molar-refractivity contribution is -0.142. The molecule has 1 aromatic carbocycles. The Hall–Kier alpha value is -2.25. The first-order chi connectivity index (χ1) is 10.2. The van der Waals surface area contributed by atoms with Crippen LogP contribution in [0.5, 0.6) is 0 Å². The Labute approximate surface area is 124 Å². The average Bonchev–Trinajstić information content (AvgIpc) is 2.78. The maximum atomic E-state index is 12.2. The number of methoxy groups -OCH3 is 1. The molecule has 1 aromatic heterocycles. The number of para-hydroxylation sites is 1. The number of esters is 1. The highest BCUT2D eigenvalue weighted by molar-refractivity contribution is 5.88. The average molecular weight is 282 g/mol. The molecular weight excluding hydrogens is 264 g/mol. The SMILES string of the molecule is C#CCN1CCc2c([nH]c3ccccc23)[C@H](C(=O)OC)C1. The van der Waals surface area contributed by atoms with Gasteiger partial charge in [-0.15, -0.1) is 6.42 Å². The lowest BCUT2D eigenvalue weighted by atomic mass is 10.00. The zero-order chi connectivity index (χ0) is 14.8. The van der Waals surface area contributed by atoms with Crippen molar-refractivity contribution >= 4 is 16.9 Å². The minimum atomic E-state index is -0.312. The van der Waals surface area contributed by atoms with Gasteiger partial charge in [-0.25, -0.2) is 0 Å². The maximum Gasteiger partial charge on any atom is 0.315 e. The van der Waals surface area contributed by atoms with E-state index in [-0.39, 0.29) is 11.9 Å². The molecular formula is C17H18N2O2. The number of carbonyl (C=O) groups excluding carboxylic acids is 1. The van der Waals surface area contributed by atoms with Crippen LogP contribution < -0.4 is 0 Å². The van der Waals surface area contributed by atoms with Crippen molar-refractivity contribution in [1.82, 2.24) is 9.88 Å². The number of ether oxygens (including phenoxy) is 1. The Morgan fingerprint density at radius 2 is 2.33 bits per heavy atom. The smallest absolute Gasteiger partial charge is 0.315 e. The molecule has 1 aliphatic heterocycles. The third-order valence-electron chi connectivity index (χ3n) is 4.11. The molecule has 0 amide bonds. The number of terminal acetylenes is 1. The third-order valence-corrected chi connectivity index (χ3v) is 4.11. The molecule has 2 heterocycles. The molecule has 21 heavy (non-hydrogen) atoms. The first kappa shape index (κ1) is 13.7. The van der Waals surface area contributed by atoms with Crippen molar-refractivity contribution in [3.63, 3.8) is 0 Å². The summed E-state index contributed by atoms with van der Waals surface area (Å²) in [5.41, 5.74) is 3.25. The summed E-state index contributed by atoms with van der Waals surface area (Å²) in [6, 6.07) is 8.15. The van der Waals surface area contributed by atoms with Crippen LogP contribution in [-0.4, -0.2) is 42.6 Å². The van der Waals surface area contributed by atoms with Crippen molar-refractivity contribution in [3.05, 3.63) is 35.5 Å². The van der Waals surface area contributed by atoms with Gasteiger partial charge in [-0.05, 0) is 18.1 Å². The molecule has 1 aliphatic rings. The molecule has 3 rings (SSSR count). The number of benzene rings is 1. The highest BCUT2D eigenvalue weighted by atomic mass is 16.5. The van der Waals surface area contributed by atoms with Crippen molar-refractivity contribution in [2.24, 2.45) is 0 Å². The number of nitrogens with one attached hydrogen (secondary N) is 1. The van der Waals surface area contributed by atoms with E-state index in [0.717, 1.165) is 24.2 Å². The van der Waals surface area contributed by atoms with E-state index in [1.165, 1.54) is 18.1 Å². The van der Waals surface area contributed by atoms with Gasteiger partial charge in [0, 0.05) is 29.7 Å². The second-order valence-electron chi connectivity index (χ2n) is 5.33. The van der Waals surface area contributed by atoms with Crippen LogP contribution in [0.3, 0.4) is 0 Å². The topological polar surface area (TPSA) is 45.3 Å². The number of hydrogen-bond donors (Lipinski definition) is 1. The highest BCUT2D eigenvalue weighted by Gasteiger charge is 2.31. The van der Waals surface area contributed by atoms with Crippen LogP contribution in [0.4, 0.5) is 0 Å². The van der Waals surface area contributed by atoms with E-state index in [0.29, 0.717) is 13.1 Å². The van der Waals surface area contributed by atoms with Gasteiger partial charge in [0.15, 0.2) is 0 Å². The largest absolute Gasteiger partial charge is 0.468 e. The summed E-state index contributed by atoms with van der Waals surface area (Å²) in [7, 11) is 1.43. The number of rotatable bonds is 2. The lowest BCUT2D eigenvalue weighted by Gasteiger charge is -2.20. The van der Waals surface area contributed by atoms with Crippen molar-refractivity contribution in [1.29, 1.82) is 0 Å². The number of carbonyl (C=O) groups is 1. The molecule has 1 N–H and O–H groups in total. The minimum absolute atomic E-state index is 0.216. The third kappa shape index (κ3) is 2.41. The number of aromatic nitrogens is 1. The van der Waals surface area contributed by atoms with Gasteiger partial charge in [-0.1, -0.05) is 24.1 Å². The Morgan fingerprint density at radius 1 is 1.52 bits per heavy atom. The molecule has 4 heteroatoms. The van der Waals surface area contributed by atoms with E-state index < -0.39 is 0 Å². The molecule has 0 spiro atoms. The molecule has 0 aliphatic carbocycles. The summed E-state index contributed by atoms with van der Waals surface area (Å²) in [6.07, 6.45) is 6.30.